The summed E-state index contributed by atoms with van der Waals surface area (Å²) in [6, 6.07) is 14.7. The van der Waals surface area contributed by atoms with E-state index >= 15 is 0 Å². The number of carbonyl (C=O) groups is 2. The molecule has 0 radical (unpaired) electrons. The molecule has 0 aromatic heterocycles. The minimum absolute atomic E-state index is 0.122. The highest BCUT2D eigenvalue weighted by Gasteiger charge is 2.30. The van der Waals surface area contributed by atoms with Gasteiger partial charge in [-0.3, -0.25) is 9.59 Å². The first kappa shape index (κ1) is 21.3. The monoisotopic (exact) mass is 413 g/mol. The Labute approximate surface area is 176 Å². The summed E-state index contributed by atoms with van der Waals surface area (Å²) in [7, 11) is 1.56. The second-order valence-corrected chi connectivity index (χ2v) is 6.67. The van der Waals surface area contributed by atoms with Gasteiger partial charge < -0.3 is 29.7 Å². The third kappa shape index (κ3) is 5.56. The molecule has 8 heteroatoms. The van der Waals surface area contributed by atoms with E-state index in [4.69, 9.17) is 14.2 Å². The smallest absolute Gasteiger partial charge is 0.262 e. The van der Waals surface area contributed by atoms with Crippen LogP contribution in [0.15, 0.2) is 48.5 Å². The normalized spacial score (nSPS) is 14.9. The minimum atomic E-state index is -0.666. The number of hydrogen-bond donors (Lipinski definition) is 2. The first-order valence-corrected chi connectivity index (χ1v) is 9.95. The first-order chi connectivity index (χ1) is 14.6. The van der Waals surface area contributed by atoms with Gasteiger partial charge in [-0.2, -0.15) is 0 Å². The summed E-state index contributed by atoms with van der Waals surface area (Å²) in [6.45, 7) is 3.69. The number of anilines is 1. The summed E-state index contributed by atoms with van der Waals surface area (Å²) in [5, 5.41) is 5.44. The highest BCUT2D eigenvalue weighted by molar-refractivity contribution is 5.86. The fraction of sp³-hybridized carbons (Fsp3) is 0.364. The van der Waals surface area contributed by atoms with Crippen molar-refractivity contribution in [1.82, 2.24) is 10.6 Å². The molecule has 2 N–H and O–H groups in total. The zero-order valence-corrected chi connectivity index (χ0v) is 17.2. The molecular formula is C22H27N3O5. The molecule has 2 aromatic rings. The number of nitrogens with one attached hydrogen (secondary N) is 2. The number of hydrogen-bond acceptors (Lipinski definition) is 6. The van der Waals surface area contributed by atoms with Gasteiger partial charge >= 0.3 is 0 Å². The second kappa shape index (κ2) is 10.4. The van der Waals surface area contributed by atoms with Crippen LogP contribution in [-0.4, -0.2) is 57.8 Å². The predicted molar refractivity (Wildman–Crippen MR) is 113 cm³/mol. The topological polar surface area (TPSA) is 89.1 Å². The maximum absolute atomic E-state index is 12.4. The van der Waals surface area contributed by atoms with Gasteiger partial charge in [0.05, 0.1) is 31.9 Å². The van der Waals surface area contributed by atoms with Gasteiger partial charge in [0, 0.05) is 7.05 Å². The van der Waals surface area contributed by atoms with Gasteiger partial charge in [0.25, 0.3) is 5.91 Å². The Balaban J connectivity index is 1.48. The number of nitrogens with zero attached hydrogens (tertiary/aromatic N) is 1. The van der Waals surface area contributed by atoms with Crippen molar-refractivity contribution in [3.05, 3.63) is 48.5 Å². The minimum Gasteiger partial charge on any atom is -0.494 e. The molecule has 2 aromatic carbocycles. The summed E-state index contributed by atoms with van der Waals surface area (Å²) in [4.78, 5) is 26.3. The predicted octanol–water partition coefficient (Wildman–Crippen LogP) is 1.59. The lowest BCUT2D eigenvalue weighted by Gasteiger charge is -2.34. The van der Waals surface area contributed by atoms with Crippen LogP contribution in [-0.2, 0) is 9.59 Å². The van der Waals surface area contributed by atoms with Crippen LogP contribution in [0.2, 0.25) is 0 Å². The van der Waals surface area contributed by atoms with E-state index in [0.29, 0.717) is 37.8 Å². The van der Waals surface area contributed by atoms with Crippen molar-refractivity contribution in [2.45, 2.75) is 13.0 Å². The van der Waals surface area contributed by atoms with Crippen LogP contribution in [0.25, 0.3) is 0 Å². The third-order valence-electron chi connectivity index (χ3n) is 4.56. The molecular weight excluding hydrogens is 386 g/mol. The molecule has 1 heterocycles. The maximum atomic E-state index is 12.4. The van der Waals surface area contributed by atoms with E-state index in [1.165, 1.54) is 0 Å². The van der Waals surface area contributed by atoms with Crippen LogP contribution in [0.1, 0.15) is 6.92 Å². The molecule has 3 rings (SSSR count). The van der Waals surface area contributed by atoms with E-state index in [1.807, 2.05) is 54.3 Å². The van der Waals surface area contributed by atoms with Crippen LogP contribution >= 0.6 is 0 Å². The lowest BCUT2D eigenvalue weighted by Crippen LogP contribution is -2.50. The molecule has 1 atom stereocenters. The molecule has 0 saturated heterocycles. The quantitative estimate of drug-likeness (QED) is 0.607. The van der Waals surface area contributed by atoms with Crippen LogP contribution in [0.3, 0.4) is 0 Å². The number of rotatable bonds is 9. The van der Waals surface area contributed by atoms with Gasteiger partial charge in [0.2, 0.25) is 5.91 Å². The van der Waals surface area contributed by atoms with Gasteiger partial charge in [-0.15, -0.1) is 0 Å². The Morgan fingerprint density at radius 3 is 2.50 bits per heavy atom. The van der Waals surface area contributed by atoms with Gasteiger partial charge in [-0.05, 0) is 43.3 Å². The Hall–Kier alpha value is -3.42. The lowest BCUT2D eigenvalue weighted by molar-refractivity contribution is -0.127. The maximum Gasteiger partial charge on any atom is 0.262 e. The van der Waals surface area contributed by atoms with Crippen LogP contribution in [0, 0.1) is 0 Å². The average Bonchev–Trinajstić information content (AvgIpc) is 2.77. The molecule has 1 unspecified atom stereocenters. The lowest BCUT2D eigenvalue weighted by atomic mass is 10.1. The van der Waals surface area contributed by atoms with Crippen molar-refractivity contribution in [1.29, 1.82) is 0 Å². The first-order valence-electron chi connectivity index (χ1n) is 9.95. The Bertz CT molecular complexity index is 856. The standard InChI is InChI=1S/C22H27N3O5/c1-3-28-16-8-10-17(11-9-16)29-13-12-24-21(26)15-25-14-20(22(27)23-2)30-19-7-5-4-6-18(19)25/h4-11,20H,3,12-15H2,1-2H3,(H,23,27)(H,24,26). The highest BCUT2D eigenvalue weighted by Crippen LogP contribution is 2.32. The summed E-state index contributed by atoms with van der Waals surface area (Å²) in [6.07, 6.45) is -0.666. The van der Waals surface area contributed by atoms with Crippen molar-refractivity contribution >= 4 is 17.5 Å². The van der Waals surface area contributed by atoms with Crippen molar-refractivity contribution in [3.8, 4) is 17.2 Å². The average molecular weight is 413 g/mol. The molecule has 0 spiro atoms. The summed E-state index contributed by atoms with van der Waals surface area (Å²) < 4.78 is 16.8. The molecule has 2 amide bonds. The largest absolute Gasteiger partial charge is 0.494 e. The number of likely N-dealkylation sites (N-methyl/N-ethyl adjacent to an activating group) is 1. The zero-order valence-electron chi connectivity index (χ0n) is 17.2. The van der Waals surface area contributed by atoms with E-state index in [-0.39, 0.29) is 18.4 Å². The number of amides is 2. The Morgan fingerprint density at radius 2 is 1.80 bits per heavy atom. The summed E-state index contributed by atoms with van der Waals surface area (Å²) >= 11 is 0. The van der Waals surface area contributed by atoms with Crippen molar-refractivity contribution in [2.24, 2.45) is 0 Å². The fourth-order valence-corrected chi connectivity index (χ4v) is 3.14. The van der Waals surface area contributed by atoms with Crippen LogP contribution in [0.5, 0.6) is 17.2 Å². The van der Waals surface area contributed by atoms with Crippen molar-refractivity contribution in [2.75, 3.05) is 44.8 Å². The molecule has 0 fully saturated rings. The molecule has 0 aliphatic carbocycles. The Morgan fingerprint density at radius 1 is 1.10 bits per heavy atom. The number of benzene rings is 2. The second-order valence-electron chi connectivity index (χ2n) is 6.67. The highest BCUT2D eigenvalue weighted by atomic mass is 16.5. The SMILES string of the molecule is CCOc1ccc(OCCNC(=O)CN2CC(C(=O)NC)Oc3ccccc32)cc1. The Kier molecular flexibility index (Phi) is 7.37. The van der Waals surface area contributed by atoms with Crippen LogP contribution in [0.4, 0.5) is 5.69 Å². The molecule has 1 aliphatic rings. The third-order valence-corrected chi connectivity index (χ3v) is 4.56. The van der Waals surface area contributed by atoms with Crippen molar-refractivity contribution < 1.29 is 23.8 Å². The number of para-hydroxylation sites is 2. The van der Waals surface area contributed by atoms with E-state index in [2.05, 4.69) is 10.6 Å². The summed E-state index contributed by atoms with van der Waals surface area (Å²) in [5.74, 6) is 1.71. The molecule has 8 nitrogen and oxygen atoms in total. The molecule has 0 saturated carbocycles. The number of fused-ring (bicyclic) bond motifs is 1. The van der Waals surface area contributed by atoms with Crippen molar-refractivity contribution in [3.63, 3.8) is 0 Å². The summed E-state index contributed by atoms with van der Waals surface area (Å²) in [5.41, 5.74) is 0.790. The van der Waals surface area contributed by atoms with Gasteiger partial charge in [-0.1, -0.05) is 12.1 Å². The van der Waals surface area contributed by atoms with Gasteiger partial charge in [-0.25, -0.2) is 0 Å². The van der Waals surface area contributed by atoms with Crippen LogP contribution < -0.4 is 29.7 Å². The molecule has 1 aliphatic heterocycles. The van der Waals surface area contributed by atoms with Gasteiger partial charge in [0.1, 0.15) is 23.9 Å². The van der Waals surface area contributed by atoms with Gasteiger partial charge in [0.15, 0.2) is 6.10 Å². The molecule has 30 heavy (non-hydrogen) atoms. The number of ether oxygens (including phenoxy) is 3. The molecule has 160 valence electrons. The van der Waals surface area contributed by atoms with E-state index < -0.39 is 6.10 Å². The molecule has 0 bridgehead atoms. The zero-order chi connectivity index (χ0) is 21.3. The van der Waals surface area contributed by atoms with E-state index in [1.54, 1.807) is 13.1 Å². The van der Waals surface area contributed by atoms with E-state index in [0.717, 1.165) is 11.4 Å². The fourth-order valence-electron chi connectivity index (χ4n) is 3.14. The number of carbonyl (C=O) groups excluding carboxylic acids is 2. The van der Waals surface area contributed by atoms with E-state index in [9.17, 15) is 9.59 Å².